The summed E-state index contributed by atoms with van der Waals surface area (Å²) < 4.78 is 4.75. The van der Waals surface area contributed by atoms with Gasteiger partial charge < -0.3 is 9.42 Å². The van der Waals surface area contributed by atoms with E-state index in [2.05, 4.69) is 10.1 Å². The van der Waals surface area contributed by atoms with Crippen molar-refractivity contribution in [3.8, 4) is 0 Å². The van der Waals surface area contributed by atoms with Crippen molar-refractivity contribution in [2.45, 2.75) is 23.7 Å². The quantitative estimate of drug-likeness (QED) is 0.784. The van der Waals surface area contributed by atoms with Crippen LogP contribution >= 0.6 is 11.8 Å². The van der Waals surface area contributed by atoms with Gasteiger partial charge in [0.1, 0.15) is 12.0 Å². The second-order valence-electron chi connectivity index (χ2n) is 4.11. The summed E-state index contributed by atoms with van der Waals surface area (Å²) in [6.45, 7) is 2.32. The van der Waals surface area contributed by atoms with Crippen LogP contribution in [0.25, 0.3) is 0 Å². The molecule has 0 aliphatic carbocycles. The van der Waals surface area contributed by atoms with Crippen LogP contribution in [0.1, 0.15) is 12.6 Å². The Bertz CT molecular complexity index is 516. The number of aromatic nitrogens is 2. The highest BCUT2D eigenvalue weighted by molar-refractivity contribution is 8.00. The Morgan fingerprint density at radius 2 is 2.32 bits per heavy atom. The average Bonchev–Trinajstić information content (AvgIpc) is 2.91. The number of rotatable bonds is 5. The number of nitrogens with zero attached hydrogens (tertiary/aromatic N) is 3. The summed E-state index contributed by atoms with van der Waals surface area (Å²) in [7, 11) is 1.76. The third-order valence-corrected chi connectivity index (χ3v) is 3.59. The molecule has 0 aliphatic rings. The highest BCUT2D eigenvalue weighted by atomic mass is 32.2. The van der Waals surface area contributed by atoms with Crippen molar-refractivity contribution < 1.29 is 9.32 Å². The van der Waals surface area contributed by atoms with Gasteiger partial charge in [0.05, 0.1) is 16.8 Å². The van der Waals surface area contributed by atoms with Crippen LogP contribution in [0.4, 0.5) is 0 Å². The van der Waals surface area contributed by atoms with E-state index in [1.54, 1.807) is 24.2 Å². The molecule has 100 valence electrons. The van der Waals surface area contributed by atoms with E-state index in [4.69, 9.17) is 4.52 Å². The molecule has 0 radical (unpaired) electrons. The number of carbonyl (C=O) groups excluding carboxylic acids is 1. The zero-order chi connectivity index (χ0) is 13.7. The van der Waals surface area contributed by atoms with E-state index in [-0.39, 0.29) is 11.2 Å². The lowest BCUT2D eigenvalue weighted by Crippen LogP contribution is -2.32. The molecule has 0 aliphatic heterocycles. The zero-order valence-corrected chi connectivity index (χ0v) is 11.6. The number of thioether (sulfide) groups is 1. The Labute approximate surface area is 116 Å². The Hall–Kier alpha value is -1.82. The van der Waals surface area contributed by atoms with E-state index in [0.29, 0.717) is 6.54 Å². The first kappa shape index (κ1) is 13.6. The molecule has 2 heterocycles. The van der Waals surface area contributed by atoms with E-state index in [9.17, 15) is 4.79 Å². The van der Waals surface area contributed by atoms with Gasteiger partial charge in [-0.1, -0.05) is 23.0 Å². The van der Waals surface area contributed by atoms with Gasteiger partial charge in [-0.05, 0) is 19.1 Å². The van der Waals surface area contributed by atoms with Crippen molar-refractivity contribution in [1.29, 1.82) is 0 Å². The maximum Gasteiger partial charge on any atom is 0.235 e. The minimum absolute atomic E-state index is 0.0404. The van der Waals surface area contributed by atoms with Gasteiger partial charge in [0.2, 0.25) is 5.91 Å². The van der Waals surface area contributed by atoms with Crippen molar-refractivity contribution in [3.63, 3.8) is 0 Å². The molecular formula is C13H15N3O2S. The summed E-state index contributed by atoms with van der Waals surface area (Å²) in [5, 5.41) is 4.45. The van der Waals surface area contributed by atoms with Gasteiger partial charge in [0.15, 0.2) is 0 Å². The van der Waals surface area contributed by atoms with Crippen LogP contribution in [-0.4, -0.2) is 33.2 Å². The molecule has 2 aromatic rings. The normalized spacial score (nSPS) is 12.1. The third-order valence-electron chi connectivity index (χ3n) is 2.55. The van der Waals surface area contributed by atoms with E-state index >= 15 is 0 Å². The Kier molecular flexibility index (Phi) is 4.57. The topological polar surface area (TPSA) is 59.2 Å². The lowest BCUT2D eigenvalue weighted by molar-refractivity contribution is -0.129. The molecule has 0 aromatic carbocycles. The van der Waals surface area contributed by atoms with Crippen molar-refractivity contribution in [2.75, 3.05) is 7.05 Å². The van der Waals surface area contributed by atoms with Crippen LogP contribution in [0.2, 0.25) is 0 Å². The molecule has 6 heteroatoms. The Morgan fingerprint density at radius 3 is 2.95 bits per heavy atom. The monoisotopic (exact) mass is 277 g/mol. The molecule has 0 spiro atoms. The molecule has 1 atom stereocenters. The highest BCUT2D eigenvalue weighted by Crippen LogP contribution is 2.22. The van der Waals surface area contributed by atoms with Gasteiger partial charge in [-0.2, -0.15) is 0 Å². The van der Waals surface area contributed by atoms with E-state index in [1.165, 1.54) is 18.0 Å². The molecule has 0 N–H and O–H groups in total. The number of amides is 1. The summed E-state index contributed by atoms with van der Waals surface area (Å²) in [6, 6.07) is 7.41. The van der Waals surface area contributed by atoms with Crippen LogP contribution in [0.5, 0.6) is 0 Å². The van der Waals surface area contributed by atoms with Crippen LogP contribution in [0.3, 0.4) is 0 Å². The molecule has 0 saturated heterocycles. The maximum atomic E-state index is 12.2. The second-order valence-corrected chi connectivity index (χ2v) is 5.47. The predicted octanol–water partition coefficient (Wildman–Crippen LogP) is 2.21. The van der Waals surface area contributed by atoms with Crippen LogP contribution < -0.4 is 0 Å². The summed E-state index contributed by atoms with van der Waals surface area (Å²) in [5.41, 5.74) is 0.742. The van der Waals surface area contributed by atoms with Gasteiger partial charge in [-0.15, -0.1) is 0 Å². The first-order valence-corrected chi connectivity index (χ1v) is 6.76. The van der Waals surface area contributed by atoms with Crippen LogP contribution in [0, 0.1) is 0 Å². The molecule has 19 heavy (non-hydrogen) atoms. The van der Waals surface area contributed by atoms with Gasteiger partial charge in [0, 0.05) is 19.3 Å². The molecule has 0 fully saturated rings. The molecule has 0 saturated carbocycles. The first-order valence-electron chi connectivity index (χ1n) is 5.88. The average molecular weight is 277 g/mol. The summed E-state index contributed by atoms with van der Waals surface area (Å²) >= 11 is 1.45. The summed E-state index contributed by atoms with van der Waals surface area (Å²) in [5.74, 6) is 0.0404. The minimum Gasteiger partial charge on any atom is -0.364 e. The fourth-order valence-corrected chi connectivity index (χ4v) is 2.52. The van der Waals surface area contributed by atoms with E-state index in [0.717, 1.165) is 10.7 Å². The van der Waals surface area contributed by atoms with Crippen LogP contribution in [0.15, 0.2) is 46.3 Å². The van der Waals surface area contributed by atoms with Crippen molar-refractivity contribution in [2.24, 2.45) is 0 Å². The largest absolute Gasteiger partial charge is 0.364 e. The van der Waals surface area contributed by atoms with Gasteiger partial charge in [-0.3, -0.25) is 4.79 Å². The number of carbonyl (C=O) groups is 1. The molecule has 2 aromatic heterocycles. The standard InChI is InChI=1S/C13H15N3O2S/c1-10(19-12-5-3-4-7-14-12)13(17)16(2)9-11-6-8-18-15-11/h3-8,10H,9H2,1-2H3/t10-/m0/s1. The third kappa shape index (κ3) is 3.82. The second kappa shape index (κ2) is 6.38. The first-order chi connectivity index (χ1) is 9.16. The van der Waals surface area contributed by atoms with E-state index in [1.807, 2.05) is 25.1 Å². The van der Waals surface area contributed by atoms with Gasteiger partial charge in [-0.25, -0.2) is 4.98 Å². The Balaban J connectivity index is 1.91. The number of hydrogen-bond acceptors (Lipinski definition) is 5. The fraction of sp³-hybridized carbons (Fsp3) is 0.308. The predicted molar refractivity (Wildman–Crippen MR) is 72.5 cm³/mol. The van der Waals surface area contributed by atoms with Crippen molar-refractivity contribution >= 4 is 17.7 Å². The van der Waals surface area contributed by atoms with Crippen molar-refractivity contribution in [3.05, 3.63) is 42.4 Å². The molecule has 2 rings (SSSR count). The number of hydrogen-bond donors (Lipinski definition) is 0. The van der Waals surface area contributed by atoms with Crippen molar-refractivity contribution in [1.82, 2.24) is 15.0 Å². The Morgan fingerprint density at radius 1 is 1.47 bits per heavy atom. The minimum atomic E-state index is -0.188. The smallest absolute Gasteiger partial charge is 0.235 e. The lowest BCUT2D eigenvalue weighted by Gasteiger charge is -2.19. The van der Waals surface area contributed by atoms with Gasteiger partial charge >= 0.3 is 0 Å². The summed E-state index contributed by atoms with van der Waals surface area (Å²) in [4.78, 5) is 18.0. The molecular weight excluding hydrogens is 262 g/mol. The molecule has 0 bridgehead atoms. The SMILES string of the molecule is C[C@H](Sc1ccccn1)C(=O)N(C)Cc1ccon1. The number of pyridine rings is 1. The molecule has 0 unspecified atom stereocenters. The molecule has 1 amide bonds. The summed E-state index contributed by atoms with van der Waals surface area (Å²) in [6.07, 6.45) is 3.22. The van der Waals surface area contributed by atoms with Gasteiger partial charge in [0.25, 0.3) is 0 Å². The highest BCUT2D eigenvalue weighted by Gasteiger charge is 2.19. The van der Waals surface area contributed by atoms with Crippen LogP contribution in [-0.2, 0) is 11.3 Å². The zero-order valence-electron chi connectivity index (χ0n) is 10.8. The van der Waals surface area contributed by atoms with E-state index < -0.39 is 0 Å². The lowest BCUT2D eigenvalue weighted by atomic mass is 10.3. The molecule has 5 nitrogen and oxygen atoms in total. The fourth-order valence-electron chi connectivity index (χ4n) is 1.60. The maximum absolute atomic E-state index is 12.2.